The maximum absolute atomic E-state index is 13.8. The van der Waals surface area contributed by atoms with Crippen molar-refractivity contribution in [2.24, 2.45) is 0 Å². The Morgan fingerprint density at radius 3 is 3.00 bits per heavy atom. The van der Waals surface area contributed by atoms with E-state index in [-0.39, 0.29) is 11.8 Å². The number of halogens is 2. The third kappa shape index (κ3) is 4.05. The van der Waals surface area contributed by atoms with Crippen molar-refractivity contribution in [3.05, 3.63) is 52.4 Å². The van der Waals surface area contributed by atoms with Crippen LogP contribution in [0.2, 0.25) is 0 Å². The second kappa shape index (κ2) is 7.06. The minimum absolute atomic E-state index is 0.0512. The number of nitrogens with one attached hydrogen (secondary N) is 1. The van der Waals surface area contributed by atoms with E-state index in [0.717, 1.165) is 6.42 Å². The molecule has 0 bridgehead atoms. The smallest absolute Gasteiger partial charge is 0.255 e. The van der Waals surface area contributed by atoms with Crippen molar-refractivity contribution in [3.8, 4) is 5.88 Å². The predicted molar refractivity (Wildman–Crippen MR) is 86.1 cm³/mol. The Kier molecular flexibility index (Phi) is 4.88. The van der Waals surface area contributed by atoms with Gasteiger partial charge in [0.05, 0.1) is 18.9 Å². The van der Waals surface area contributed by atoms with Crippen molar-refractivity contribution in [3.63, 3.8) is 0 Å². The molecule has 1 aliphatic rings. The molecular weight excluding hydrogens is 367 g/mol. The number of pyridine rings is 1. The number of carbonyl (C=O) groups excluding carboxylic acids is 1. The molecule has 1 saturated heterocycles. The van der Waals surface area contributed by atoms with Gasteiger partial charge >= 0.3 is 0 Å². The average molecular weight is 381 g/mol. The van der Waals surface area contributed by atoms with Gasteiger partial charge in [-0.15, -0.1) is 0 Å². The lowest BCUT2D eigenvalue weighted by Crippen LogP contribution is -2.17. The fourth-order valence-corrected chi connectivity index (χ4v) is 2.51. The lowest BCUT2D eigenvalue weighted by molar-refractivity contribution is 0.102. The van der Waals surface area contributed by atoms with Crippen LogP contribution in [-0.4, -0.2) is 30.2 Å². The number of carbonyl (C=O) groups is 1. The van der Waals surface area contributed by atoms with E-state index < -0.39 is 11.7 Å². The molecule has 2 aromatic rings. The number of amides is 1. The van der Waals surface area contributed by atoms with Crippen LogP contribution in [0.4, 0.5) is 10.1 Å². The molecule has 2 heterocycles. The summed E-state index contributed by atoms with van der Waals surface area (Å²) in [4.78, 5) is 16.3. The number of rotatable bonds is 4. The number of aromatic nitrogens is 1. The van der Waals surface area contributed by atoms with Crippen molar-refractivity contribution >= 4 is 27.5 Å². The molecule has 3 rings (SSSR count). The van der Waals surface area contributed by atoms with E-state index in [1.807, 2.05) is 0 Å². The van der Waals surface area contributed by atoms with Gasteiger partial charge in [-0.25, -0.2) is 9.37 Å². The molecule has 0 aliphatic carbocycles. The van der Waals surface area contributed by atoms with Gasteiger partial charge in [0.15, 0.2) is 0 Å². The topological polar surface area (TPSA) is 60.5 Å². The van der Waals surface area contributed by atoms with Crippen molar-refractivity contribution in [2.75, 3.05) is 18.5 Å². The van der Waals surface area contributed by atoms with Gasteiger partial charge in [0.25, 0.3) is 5.91 Å². The van der Waals surface area contributed by atoms with Crippen molar-refractivity contribution in [1.29, 1.82) is 0 Å². The summed E-state index contributed by atoms with van der Waals surface area (Å²) >= 11 is 3.17. The fourth-order valence-electron chi connectivity index (χ4n) is 2.18. The Morgan fingerprint density at radius 2 is 2.26 bits per heavy atom. The average Bonchev–Trinajstić information content (AvgIpc) is 3.03. The molecule has 7 heteroatoms. The van der Waals surface area contributed by atoms with E-state index in [4.69, 9.17) is 9.47 Å². The maximum Gasteiger partial charge on any atom is 0.255 e. The molecule has 120 valence electrons. The predicted octanol–water partition coefficient (Wildman–Crippen LogP) is 3.40. The lowest BCUT2D eigenvalue weighted by Gasteiger charge is -2.12. The van der Waals surface area contributed by atoms with Crippen LogP contribution >= 0.6 is 15.9 Å². The molecule has 1 fully saturated rings. The summed E-state index contributed by atoms with van der Waals surface area (Å²) in [5.41, 5.74) is 0.456. The van der Waals surface area contributed by atoms with Gasteiger partial charge < -0.3 is 14.8 Å². The van der Waals surface area contributed by atoms with Crippen LogP contribution in [-0.2, 0) is 4.74 Å². The summed E-state index contributed by atoms with van der Waals surface area (Å²) in [7, 11) is 0. The maximum atomic E-state index is 13.8. The Labute approximate surface area is 140 Å². The van der Waals surface area contributed by atoms with E-state index >= 15 is 0 Å². The zero-order chi connectivity index (χ0) is 16.2. The molecule has 23 heavy (non-hydrogen) atoms. The van der Waals surface area contributed by atoms with Gasteiger partial charge in [0.2, 0.25) is 5.88 Å². The van der Waals surface area contributed by atoms with Crippen LogP contribution < -0.4 is 10.1 Å². The van der Waals surface area contributed by atoms with Gasteiger partial charge in [-0.05, 0) is 24.3 Å². The van der Waals surface area contributed by atoms with Crippen molar-refractivity contribution < 1.29 is 18.7 Å². The largest absolute Gasteiger partial charge is 0.472 e. The molecule has 1 aromatic heterocycles. The van der Waals surface area contributed by atoms with E-state index in [1.54, 1.807) is 12.1 Å². The molecule has 1 N–H and O–H groups in total. The first-order chi connectivity index (χ1) is 11.1. The second-order valence-electron chi connectivity index (χ2n) is 5.06. The highest BCUT2D eigenvalue weighted by molar-refractivity contribution is 9.10. The summed E-state index contributed by atoms with van der Waals surface area (Å²) in [6.07, 6.45) is 2.23. The number of hydrogen-bond donors (Lipinski definition) is 1. The first-order valence-electron chi connectivity index (χ1n) is 7.08. The Morgan fingerprint density at radius 1 is 1.39 bits per heavy atom. The zero-order valence-electron chi connectivity index (χ0n) is 12.1. The molecule has 1 aliphatic heterocycles. The molecule has 0 saturated carbocycles. The molecular formula is C16H14BrFN2O3. The number of anilines is 1. The number of nitrogens with zero attached hydrogens (tertiary/aromatic N) is 1. The first-order valence-corrected chi connectivity index (χ1v) is 7.88. The van der Waals surface area contributed by atoms with Crippen LogP contribution in [0.5, 0.6) is 5.88 Å². The minimum atomic E-state index is -0.513. The standard InChI is InChI=1S/C16H14BrFN2O3/c17-11-1-2-14(13(18)8-11)20-16(21)10-3-5-19-15(7-10)23-12-4-6-22-9-12/h1-3,5,7-8,12H,4,6,9H2,(H,20,21). The summed E-state index contributed by atoms with van der Waals surface area (Å²) in [5, 5.41) is 2.53. The number of hydrogen-bond acceptors (Lipinski definition) is 4. The highest BCUT2D eigenvalue weighted by Gasteiger charge is 2.18. The minimum Gasteiger partial charge on any atom is -0.472 e. The molecule has 1 amide bonds. The summed E-state index contributed by atoms with van der Waals surface area (Å²) in [6.45, 7) is 1.18. The number of benzene rings is 1. The Hall–Kier alpha value is -1.99. The van der Waals surface area contributed by atoms with E-state index in [0.29, 0.717) is 29.1 Å². The number of ether oxygens (including phenoxy) is 2. The summed E-state index contributed by atoms with van der Waals surface area (Å²) < 4.78 is 25.3. The third-order valence-corrected chi connectivity index (χ3v) is 3.84. The SMILES string of the molecule is O=C(Nc1ccc(Br)cc1F)c1ccnc(OC2CCOC2)c1. The molecule has 0 spiro atoms. The summed E-state index contributed by atoms with van der Waals surface area (Å²) in [5.74, 6) is -0.591. The van der Waals surface area contributed by atoms with Gasteiger partial charge in [-0.1, -0.05) is 15.9 Å². The van der Waals surface area contributed by atoms with Crippen molar-refractivity contribution in [2.45, 2.75) is 12.5 Å². The highest BCUT2D eigenvalue weighted by Crippen LogP contribution is 2.21. The highest BCUT2D eigenvalue weighted by atomic mass is 79.9. The van der Waals surface area contributed by atoms with Crippen LogP contribution in [0, 0.1) is 5.82 Å². The fraction of sp³-hybridized carbons (Fsp3) is 0.250. The van der Waals surface area contributed by atoms with Gasteiger partial charge in [0.1, 0.15) is 11.9 Å². The Bertz CT molecular complexity index is 720. The second-order valence-corrected chi connectivity index (χ2v) is 5.98. The van der Waals surface area contributed by atoms with Crippen LogP contribution in [0.1, 0.15) is 16.8 Å². The quantitative estimate of drug-likeness (QED) is 0.882. The van der Waals surface area contributed by atoms with Gasteiger partial charge in [0, 0.05) is 28.7 Å². The monoisotopic (exact) mass is 380 g/mol. The Balaban J connectivity index is 1.71. The molecule has 1 atom stereocenters. The van der Waals surface area contributed by atoms with Gasteiger partial charge in [-0.3, -0.25) is 4.79 Å². The third-order valence-electron chi connectivity index (χ3n) is 3.35. The van der Waals surface area contributed by atoms with E-state index in [9.17, 15) is 9.18 Å². The van der Waals surface area contributed by atoms with E-state index in [2.05, 4.69) is 26.2 Å². The van der Waals surface area contributed by atoms with Gasteiger partial charge in [-0.2, -0.15) is 0 Å². The molecule has 0 radical (unpaired) electrons. The molecule has 1 aromatic carbocycles. The lowest BCUT2D eigenvalue weighted by atomic mass is 10.2. The summed E-state index contributed by atoms with van der Waals surface area (Å²) in [6, 6.07) is 7.51. The van der Waals surface area contributed by atoms with Crippen LogP contribution in [0.15, 0.2) is 41.0 Å². The molecule has 5 nitrogen and oxygen atoms in total. The first kappa shape index (κ1) is 15.9. The normalized spacial score (nSPS) is 17.0. The van der Waals surface area contributed by atoms with Crippen LogP contribution in [0.25, 0.3) is 0 Å². The zero-order valence-corrected chi connectivity index (χ0v) is 13.7. The van der Waals surface area contributed by atoms with Crippen LogP contribution in [0.3, 0.4) is 0 Å². The molecule has 1 unspecified atom stereocenters. The van der Waals surface area contributed by atoms with E-state index in [1.165, 1.54) is 24.4 Å². The van der Waals surface area contributed by atoms with Crippen molar-refractivity contribution in [1.82, 2.24) is 4.98 Å².